The van der Waals surface area contributed by atoms with Crippen molar-refractivity contribution in [2.45, 2.75) is 37.6 Å². The largest absolute Gasteiger partial charge is 0.459 e. The number of hydrogen-bond acceptors (Lipinski definition) is 4. The highest BCUT2D eigenvalue weighted by atomic mass is 16.6. The second-order valence-corrected chi connectivity index (χ2v) is 4.31. The van der Waals surface area contributed by atoms with Crippen molar-refractivity contribution >= 4 is 5.97 Å². The normalized spacial score (nSPS) is 23.2. The molecule has 0 radical (unpaired) electrons. The molecule has 92 valence electrons. The van der Waals surface area contributed by atoms with Crippen molar-refractivity contribution in [3.05, 3.63) is 35.9 Å². The lowest BCUT2D eigenvalue weighted by atomic mass is 9.99. The molecule has 1 aliphatic heterocycles. The molecule has 0 spiro atoms. The fourth-order valence-corrected chi connectivity index (χ4v) is 2.01. The minimum Gasteiger partial charge on any atom is -0.459 e. The highest BCUT2D eigenvalue weighted by Gasteiger charge is 2.34. The van der Waals surface area contributed by atoms with Crippen molar-refractivity contribution in [2.75, 3.05) is 0 Å². The molecule has 2 N–H and O–H groups in total. The van der Waals surface area contributed by atoms with E-state index in [0.717, 1.165) is 5.56 Å². The third kappa shape index (κ3) is 3.05. The van der Waals surface area contributed by atoms with Crippen LogP contribution in [-0.2, 0) is 16.0 Å². The zero-order chi connectivity index (χ0) is 12.3. The van der Waals surface area contributed by atoms with Crippen LogP contribution in [0.2, 0.25) is 0 Å². The number of benzene rings is 1. The molecule has 0 aliphatic carbocycles. The van der Waals surface area contributed by atoms with E-state index in [1.165, 1.54) is 0 Å². The summed E-state index contributed by atoms with van der Waals surface area (Å²) in [5, 5.41) is 19.7. The fourth-order valence-electron chi connectivity index (χ4n) is 2.01. The van der Waals surface area contributed by atoms with Gasteiger partial charge >= 0.3 is 5.97 Å². The van der Waals surface area contributed by atoms with Gasteiger partial charge in [-0.05, 0) is 12.0 Å². The second kappa shape index (κ2) is 5.29. The van der Waals surface area contributed by atoms with Gasteiger partial charge in [-0.2, -0.15) is 0 Å². The molecular weight excluding hydrogens is 220 g/mol. The smallest absolute Gasteiger partial charge is 0.306 e. The van der Waals surface area contributed by atoms with Gasteiger partial charge in [0.05, 0.1) is 6.10 Å². The Morgan fingerprint density at radius 3 is 2.59 bits per heavy atom. The molecule has 17 heavy (non-hydrogen) atoms. The first-order chi connectivity index (χ1) is 8.16. The Labute approximate surface area is 99.8 Å². The maximum absolute atomic E-state index is 10.9. The number of cyclic esters (lactones) is 1. The van der Waals surface area contributed by atoms with Crippen LogP contribution in [0, 0.1) is 0 Å². The van der Waals surface area contributed by atoms with Gasteiger partial charge in [-0.3, -0.25) is 4.79 Å². The van der Waals surface area contributed by atoms with Crippen molar-refractivity contribution < 1.29 is 19.7 Å². The van der Waals surface area contributed by atoms with E-state index in [0.29, 0.717) is 19.3 Å². The van der Waals surface area contributed by atoms with Gasteiger partial charge in [0.25, 0.3) is 0 Å². The summed E-state index contributed by atoms with van der Waals surface area (Å²) in [5.41, 5.74) is 0.948. The monoisotopic (exact) mass is 236 g/mol. The molecule has 1 heterocycles. The topological polar surface area (TPSA) is 66.8 Å². The van der Waals surface area contributed by atoms with Crippen LogP contribution in [-0.4, -0.2) is 34.5 Å². The molecule has 2 rings (SSSR count). The first-order valence-corrected chi connectivity index (χ1v) is 5.76. The lowest BCUT2D eigenvalue weighted by Gasteiger charge is -2.22. The van der Waals surface area contributed by atoms with Crippen molar-refractivity contribution in [1.29, 1.82) is 0 Å². The molecule has 1 aromatic rings. The van der Waals surface area contributed by atoms with Crippen LogP contribution in [0.3, 0.4) is 0 Å². The molecule has 0 unspecified atom stereocenters. The molecule has 1 fully saturated rings. The molecule has 0 aromatic heterocycles. The number of carbonyl (C=O) groups excluding carboxylic acids is 1. The Hall–Kier alpha value is -1.39. The third-order valence-corrected chi connectivity index (χ3v) is 2.98. The van der Waals surface area contributed by atoms with Crippen molar-refractivity contribution in [3.63, 3.8) is 0 Å². The quantitative estimate of drug-likeness (QED) is 0.753. The summed E-state index contributed by atoms with van der Waals surface area (Å²) < 4.78 is 4.93. The van der Waals surface area contributed by atoms with Crippen molar-refractivity contribution in [2.24, 2.45) is 0 Å². The van der Waals surface area contributed by atoms with Crippen LogP contribution >= 0.6 is 0 Å². The van der Waals surface area contributed by atoms with Gasteiger partial charge in [0.1, 0.15) is 12.2 Å². The molecule has 0 saturated carbocycles. The average molecular weight is 236 g/mol. The first-order valence-electron chi connectivity index (χ1n) is 5.76. The summed E-state index contributed by atoms with van der Waals surface area (Å²) in [6.07, 6.45) is -1.34. The van der Waals surface area contributed by atoms with Crippen LogP contribution in [0.5, 0.6) is 0 Å². The summed E-state index contributed by atoms with van der Waals surface area (Å²) in [7, 11) is 0. The van der Waals surface area contributed by atoms with E-state index in [-0.39, 0.29) is 5.97 Å². The van der Waals surface area contributed by atoms with Gasteiger partial charge in [-0.15, -0.1) is 0 Å². The Kier molecular flexibility index (Phi) is 3.76. The number of rotatable bonds is 4. The SMILES string of the molecule is O=C1CC[C@@H]([C@@H](O)[C@H](O)Cc2ccccc2)O1. The molecule has 3 atom stereocenters. The van der Waals surface area contributed by atoms with Crippen LogP contribution in [0.25, 0.3) is 0 Å². The lowest BCUT2D eigenvalue weighted by Crippen LogP contribution is -2.38. The van der Waals surface area contributed by atoms with Crippen LogP contribution in [0.15, 0.2) is 30.3 Å². The van der Waals surface area contributed by atoms with Gasteiger partial charge in [0.15, 0.2) is 0 Å². The predicted octanol–water partition coefficient (Wildman–Crippen LogP) is 0.657. The Bertz CT molecular complexity index is 376. The molecule has 4 nitrogen and oxygen atoms in total. The lowest BCUT2D eigenvalue weighted by molar-refractivity contribution is -0.148. The molecule has 1 aliphatic rings. The summed E-state index contributed by atoms with van der Waals surface area (Å²) in [4.78, 5) is 10.9. The molecule has 0 bridgehead atoms. The number of aliphatic hydroxyl groups excluding tert-OH is 2. The van der Waals surface area contributed by atoms with Crippen LogP contribution in [0.1, 0.15) is 18.4 Å². The number of carbonyl (C=O) groups is 1. The van der Waals surface area contributed by atoms with Crippen molar-refractivity contribution in [3.8, 4) is 0 Å². The third-order valence-electron chi connectivity index (χ3n) is 2.98. The van der Waals surface area contributed by atoms with Gasteiger partial charge in [-0.25, -0.2) is 0 Å². The maximum atomic E-state index is 10.9. The van der Waals surface area contributed by atoms with E-state index in [9.17, 15) is 15.0 Å². The van der Waals surface area contributed by atoms with Crippen LogP contribution < -0.4 is 0 Å². The standard InChI is InChI=1S/C13H16O4/c14-10(8-9-4-2-1-3-5-9)13(16)11-6-7-12(15)17-11/h1-5,10-11,13-14,16H,6-8H2/t10-,11+,13+/m1/s1. The second-order valence-electron chi connectivity index (χ2n) is 4.31. The minimum absolute atomic E-state index is 0.305. The highest BCUT2D eigenvalue weighted by molar-refractivity contribution is 5.71. The Morgan fingerprint density at radius 1 is 1.29 bits per heavy atom. The minimum atomic E-state index is -1.01. The number of hydrogen-bond donors (Lipinski definition) is 2. The van der Waals surface area contributed by atoms with Gasteiger partial charge in [0.2, 0.25) is 0 Å². The van der Waals surface area contributed by atoms with E-state index < -0.39 is 18.3 Å². The number of esters is 1. The fraction of sp³-hybridized carbons (Fsp3) is 0.462. The van der Waals surface area contributed by atoms with Crippen LogP contribution in [0.4, 0.5) is 0 Å². The summed E-state index contributed by atoms with van der Waals surface area (Å²) in [6, 6.07) is 9.42. The zero-order valence-corrected chi connectivity index (χ0v) is 9.45. The number of ether oxygens (including phenoxy) is 1. The molecule has 4 heteroatoms. The Balaban J connectivity index is 1.91. The van der Waals surface area contributed by atoms with Gasteiger partial charge in [0, 0.05) is 12.8 Å². The summed E-state index contributed by atoms with van der Waals surface area (Å²) in [5.74, 6) is -0.305. The average Bonchev–Trinajstić information content (AvgIpc) is 2.76. The summed E-state index contributed by atoms with van der Waals surface area (Å²) in [6.45, 7) is 0. The Morgan fingerprint density at radius 2 is 2.00 bits per heavy atom. The molecule has 0 amide bonds. The van der Waals surface area contributed by atoms with Crippen molar-refractivity contribution in [1.82, 2.24) is 0 Å². The highest BCUT2D eigenvalue weighted by Crippen LogP contribution is 2.20. The van der Waals surface area contributed by atoms with E-state index in [2.05, 4.69) is 0 Å². The first kappa shape index (κ1) is 12.1. The van der Waals surface area contributed by atoms with E-state index in [1.54, 1.807) is 0 Å². The van der Waals surface area contributed by atoms with Gasteiger partial charge < -0.3 is 14.9 Å². The van der Waals surface area contributed by atoms with E-state index in [1.807, 2.05) is 30.3 Å². The maximum Gasteiger partial charge on any atom is 0.306 e. The van der Waals surface area contributed by atoms with Gasteiger partial charge in [-0.1, -0.05) is 30.3 Å². The molecule has 1 saturated heterocycles. The zero-order valence-electron chi connectivity index (χ0n) is 9.45. The predicted molar refractivity (Wildman–Crippen MR) is 61.3 cm³/mol. The van der Waals surface area contributed by atoms with E-state index >= 15 is 0 Å². The summed E-state index contributed by atoms with van der Waals surface area (Å²) >= 11 is 0. The molecule has 1 aromatic carbocycles. The molecular formula is C13H16O4. The van der Waals surface area contributed by atoms with E-state index in [4.69, 9.17) is 4.74 Å². The number of aliphatic hydroxyl groups is 2.